The van der Waals surface area contributed by atoms with E-state index in [0.717, 1.165) is 24.8 Å². The summed E-state index contributed by atoms with van der Waals surface area (Å²) in [4.78, 5) is 22.1. The van der Waals surface area contributed by atoms with Crippen molar-refractivity contribution in [2.45, 2.75) is 26.2 Å². The van der Waals surface area contributed by atoms with Crippen LogP contribution in [0.15, 0.2) is 16.9 Å². The van der Waals surface area contributed by atoms with E-state index in [1.54, 1.807) is 18.2 Å². The van der Waals surface area contributed by atoms with Crippen LogP contribution in [0, 0.1) is 17.2 Å². The van der Waals surface area contributed by atoms with Crippen LogP contribution in [-0.2, 0) is 12.8 Å². The molecule has 0 radical (unpaired) electrons. The maximum absolute atomic E-state index is 12.8. The Balaban J connectivity index is 1.83. The number of ether oxygens (including phenoxy) is 2. The minimum atomic E-state index is -0.218. The predicted octanol–water partition coefficient (Wildman–Crippen LogP) is 3.90. The number of methoxy groups -OCH3 is 2. The summed E-state index contributed by atoms with van der Waals surface area (Å²) in [5.74, 6) is 1.12. The molecule has 0 saturated carbocycles. The fourth-order valence-corrected chi connectivity index (χ4v) is 5.18. The SMILES string of the molecule is COc1cc(C=C(C#N)c2nc3sc4c(c3c(=O)[nH]2)CCC(C)C4)cc(OC)c1O. The molecule has 0 saturated heterocycles. The average molecular weight is 423 g/mol. The Morgan fingerprint density at radius 3 is 2.70 bits per heavy atom. The van der Waals surface area contributed by atoms with Crippen LogP contribution in [0.25, 0.3) is 21.9 Å². The minimum absolute atomic E-state index is 0.123. The molecule has 4 rings (SSSR count). The number of nitrogens with zero attached hydrogens (tertiary/aromatic N) is 2. The highest BCUT2D eigenvalue weighted by atomic mass is 32.1. The summed E-state index contributed by atoms with van der Waals surface area (Å²) in [6.45, 7) is 2.22. The third-order valence-corrected chi connectivity index (χ3v) is 6.50. The van der Waals surface area contributed by atoms with Crippen molar-refractivity contribution in [3.8, 4) is 23.3 Å². The van der Waals surface area contributed by atoms with Gasteiger partial charge in [-0.05, 0) is 54.5 Å². The summed E-state index contributed by atoms with van der Waals surface area (Å²) in [6.07, 6.45) is 4.48. The van der Waals surface area contributed by atoms with Crippen molar-refractivity contribution in [2.75, 3.05) is 14.2 Å². The number of nitriles is 1. The van der Waals surface area contributed by atoms with Crippen molar-refractivity contribution in [1.82, 2.24) is 9.97 Å². The van der Waals surface area contributed by atoms with Gasteiger partial charge >= 0.3 is 0 Å². The third kappa shape index (κ3) is 3.42. The van der Waals surface area contributed by atoms with Gasteiger partial charge in [-0.15, -0.1) is 11.3 Å². The van der Waals surface area contributed by atoms with Crippen molar-refractivity contribution in [3.05, 3.63) is 44.3 Å². The largest absolute Gasteiger partial charge is 0.502 e. The van der Waals surface area contributed by atoms with E-state index >= 15 is 0 Å². The van der Waals surface area contributed by atoms with Gasteiger partial charge in [0, 0.05) is 4.88 Å². The molecule has 2 N–H and O–H groups in total. The number of thiophene rings is 1. The Morgan fingerprint density at radius 1 is 1.37 bits per heavy atom. The molecule has 1 unspecified atom stereocenters. The number of aryl methyl sites for hydroxylation is 1. The first-order chi connectivity index (χ1) is 14.4. The molecule has 7 nitrogen and oxygen atoms in total. The smallest absolute Gasteiger partial charge is 0.260 e. The van der Waals surface area contributed by atoms with Gasteiger partial charge in [0.25, 0.3) is 5.56 Å². The Bertz CT molecular complexity index is 1240. The van der Waals surface area contributed by atoms with E-state index in [1.165, 1.54) is 30.4 Å². The fourth-order valence-electron chi connectivity index (χ4n) is 3.79. The second kappa shape index (κ2) is 7.84. The Hall–Kier alpha value is -3.31. The second-order valence-corrected chi connectivity index (χ2v) is 8.47. The number of aromatic hydroxyl groups is 1. The molecule has 0 bridgehead atoms. The highest BCUT2D eigenvalue weighted by Crippen LogP contribution is 2.38. The van der Waals surface area contributed by atoms with Gasteiger partial charge in [0.05, 0.1) is 25.2 Å². The van der Waals surface area contributed by atoms with Crippen LogP contribution in [-0.4, -0.2) is 29.3 Å². The van der Waals surface area contributed by atoms with Crippen LogP contribution in [0.5, 0.6) is 17.2 Å². The topological polar surface area (TPSA) is 108 Å². The number of aromatic amines is 1. The summed E-state index contributed by atoms with van der Waals surface area (Å²) in [5.41, 5.74) is 1.65. The molecule has 30 heavy (non-hydrogen) atoms. The lowest BCUT2D eigenvalue weighted by molar-refractivity contribution is 0.340. The molecular formula is C22H21N3O4S. The van der Waals surface area contributed by atoms with Crippen LogP contribution in [0.2, 0.25) is 0 Å². The minimum Gasteiger partial charge on any atom is -0.502 e. The molecule has 0 fully saturated rings. The molecular weight excluding hydrogens is 402 g/mol. The molecule has 3 aromatic rings. The number of rotatable bonds is 4. The maximum Gasteiger partial charge on any atom is 0.260 e. The first-order valence-electron chi connectivity index (χ1n) is 9.56. The lowest BCUT2D eigenvalue weighted by atomic mass is 9.89. The Morgan fingerprint density at radius 2 is 2.07 bits per heavy atom. The lowest BCUT2D eigenvalue weighted by Crippen LogP contribution is -2.14. The first kappa shape index (κ1) is 20.0. The molecule has 0 spiro atoms. The van der Waals surface area contributed by atoms with Crippen LogP contribution >= 0.6 is 11.3 Å². The van der Waals surface area contributed by atoms with Gasteiger partial charge in [-0.1, -0.05) is 6.92 Å². The van der Waals surface area contributed by atoms with Gasteiger partial charge in [-0.2, -0.15) is 5.26 Å². The van der Waals surface area contributed by atoms with E-state index in [-0.39, 0.29) is 34.2 Å². The van der Waals surface area contributed by atoms with Gasteiger partial charge in [-0.25, -0.2) is 4.98 Å². The zero-order chi connectivity index (χ0) is 21.4. The van der Waals surface area contributed by atoms with Crippen LogP contribution < -0.4 is 15.0 Å². The molecule has 0 amide bonds. The summed E-state index contributed by atoms with van der Waals surface area (Å²) < 4.78 is 10.3. The number of nitrogens with one attached hydrogen (secondary N) is 1. The predicted molar refractivity (Wildman–Crippen MR) is 116 cm³/mol. The second-order valence-electron chi connectivity index (χ2n) is 7.39. The summed E-state index contributed by atoms with van der Waals surface area (Å²) >= 11 is 1.54. The molecule has 0 aliphatic heterocycles. The first-order valence-corrected chi connectivity index (χ1v) is 10.4. The van der Waals surface area contributed by atoms with E-state index in [1.807, 2.05) is 0 Å². The third-order valence-electron chi connectivity index (χ3n) is 5.35. The van der Waals surface area contributed by atoms with Gasteiger partial charge in [0.1, 0.15) is 10.9 Å². The lowest BCUT2D eigenvalue weighted by Gasteiger charge is -2.17. The van der Waals surface area contributed by atoms with Crippen molar-refractivity contribution in [3.63, 3.8) is 0 Å². The molecule has 8 heteroatoms. The van der Waals surface area contributed by atoms with Crippen LogP contribution in [0.1, 0.15) is 35.2 Å². The van der Waals surface area contributed by atoms with E-state index in [2.05, 4.69) is 23.0 Å². The van der Waals surface area contributed by atoms with Gasteiger partial charge in [0.15, 0.2) is 17.3 Å². The number of hydrogen-bond acceptors (Lipinski definition) is 7. The highest BCUT2D eigenvalue weighted by molar-refractivity contribution is 7.18. The maximum atomic E-state index is 12.8. The Labute approximate surface area is 177 Å². The van der Waals surface area contributed by atoms with Crippen molar-refractivity contribution in [1.29, 1.82) is 5.26 Å². The Kier molecular flexibility index (Phi) is 5.22. The molecule has 154 valence electrons. The average Bonchev–Trinajstić information content (AvgIpc) is 3.10. The molecule has 1 aliphatic rings. The fraction of sp³-hybridized carbons (Fsp3) is 0.318. The number of allylic oxidation sites excluding steroid dienone is 1. The number of phenols is 1. The van der Waals surface area contributed by atoms with Crippen molar-refractivity contribution in [2.24, 2.45) is 5.92 Å². The summed E-state index contributed by atoms with van der Waals surface area (Å²) in [7, 11) is 2.86. The van der Waals surface area contributed by atoms with Gasteiger partial charge in [0.2, 0.25) is 5.75 Å². The van der Waals surface area contributed by atoms with E-state index in [0.29, 0.717) is 21.7 Å². The molecule has 1 atom stereocenters. The molecule has 2 aromatic heterocycles. The van der Waals surface area contributed by atoms with E-state index in [9.17, 15) is 15.2 Å². The number of benzene rings is 1. The van der Waals surface area contributed by atoms with Gasteiger partial charge < -0.3 is 19.6 Å². The molecule has 2 heterocycles. The monoisotopic (exact) mass is 423 g/mol. The number of aromatic nitrogens is 2. The summed E-state index contributed by atoms with van der Waals surface area (Å²) in [5, 5.41) is 20.4. The van der Waals surface area contributed by atoms with Gasteiger partial charge in [-0.3, -0.25) is 4.79 Å². The number of fused-ring (bicyclic) bond motifs is 3. The quantitative estimate of drug-likeness (QED) is 0.616. The van der Waals surface area contributed by atoms with Crippen molar-refractivity contribution < 1.29 is 14.6 Å². The van der Waals surface area contributed by atoms with E-state index in [4.69, 9.17) is 9.47 Å². The zero-order valence-electron chi connectivity index (χ0n) is 16.9. The van der Waals surface area contributed by atoms with E-state index < -0.39 is 0 Å². The van der Waals surface area contributed by atoms with Crippen LogP contribution in [0.3, 0.4) is 0 Å². The molecule has 1 aromatic carbocycles. The highest BCUT2D eigenvalue weighted by Gasteiger charge is 2.23. The number of phenolic OH excluding ortho intramolecular Hbond substituents is 1. The number of H-pyrrole nitrogens is 1. The van der Waals surface area contributed by atoms with Crippen LogP contribution in [0.4, 0.5) is 0 Å². The van der Waals surface area contributed by atoms with Crippen molar-refractivity contribution >= 4 is 33.2 Å². The molecule has 1 aliphatic carbocycles. The number of hydrogen-bond donors (Lipinski definition) is 2. The zero-order valence-corrected chi connectivity index (χ0v) is 17.7. The normalized spacial score (nSPS) is 16.2. The standard InChI is InChI=1S/C22H21N3O4S/c1-11-4-5-14-17(6-11)30-22-18(14)21(27)24-20(25-22)13(10-23)7-12-8-15(28-2)19(26)16(9-12)29-3/h7-9,11,26H,4-6H2,1-3H3,(H,24,25,27). The summed E-state index contributed by atoms with van der Waals surface area (Å²) in [6, 6.07) is 5.27.